The van der Waals surface area contributed by atoms with E-state index in [1.165, 1.54) is 21.8 Å². The Morgan fingerprint density at radius 2 is 0.868 bits per heavy atom. The summed E-state index contributed by atoms with van der Waals surface area (Å²) < 4.78 is 6.20. The van der Waals surface area contributed by atoms with E-state index in [2.05, 4.69) is 124 Å². The highest BCUT2D eigenvalue weighted by molar-refractivity contribution is 6.13. The lowest BCUT2D eigenvalue weighted by atomic mass is 10.0. The molecule has 4 aromatic heterocycles. The second kappa shape index (κ2) is 11.4. The lowest BCUT2D eigenvalue weighted by Gasteiger charge is -2.14. The summed E-state index contributed by atoms with van der Waals surface area (Å²) in [5, 5.41) is 6.09. The van der Waals surface area contributed by atoms with Crippen molar-refractivity contribution >= 4 is 65.5 Å². The molecule has 0 saturated heterocycles. The van der Waals surface area contributed by atoms with Gasteiger partial charge in [-0.15, -0.1) is 0 Å². The van der Waals surface area contributed by atoms with Gasteiger partial charge in [-0.2, -0.15) is 0 Å². The molecule has 0 aliphatic rings. The topological polar surface area (TPSA) is 57.6 Å². The van der Waals surface area contributed by atoms with Crippen molar-refractivity contribution in [3.8, 4) is 28.3 Å². The first kappa shape index (κ1) is 29.4. The van der Waals surface area contributed by atoms with E-state index >= 15 is 0 Å². The third-order valence-electron chi connectivity index (χ3n) is 10.5. The van der Waals surface area contributed by atoms with Crippen molar-refractivity contribution in [2.24, 2.45) is 0 Å². The Hall–Kier alpha value is -7.31. The first-order valence-corrected chi connectivity index (χ1v) is 17.7. The maximum atomic E-state index is 13.8. The molecule has 0 aliphatic carbocycles. The molecular formula is C47H29N5O. The number of hydrogen-bond acceptors (Lipinski definition) is 3. The summed E-state index contributed by atoms with van der Waals surface area (Å²) >= 11 is 0. The van der Waals surface area contributed by atoms with Crippen LogP contribution in [0.15, 0.2) is 181 Å². The predicted molar refractivity (Wildman–Crippen MR) is 217 cm³/mol. The predicted octanol–water partition coefficient (Wildman–Crippen LogP) is 10.8. The van der Waals surface area contributed by atoms with Crippen molar-refractivity contribution < 1.29 is 0 Å². The van der Waals surface area contributed by atoms with Crippen LogP contribution in [0.1, 0.15) is 0 Å². The van der Waals surface area contributed by atoms with Crippen LogP contribution in [0.5, 0.6) is 0 Å². The largest absolute Gasteiger partial charge is 0.309 e. The second-order valence-electron chi connectivity index (χ2n) is 13.4. The molecule has 11 aromatic rings. The molecule has 248 valence electrons. The van der Waals surface area contributed by atoms with Gasteiger partial charge in [0.05, 0.1) is 34.0 Å². The van der Waals surface area contributed by atoms with Crippen LogP contribution < -0.4 is 5.56 Å². The highest BCUT2D eigenvalue weighted by Crippen LogP contribution is 2.38. The third-order valence-corrected chi connectivity index (χ3v) is 10.5. The number of fused-ring (bicyclic) bond motifs is 9. The van der Waals surface area contributed by atoms with E-state index in [4.69, 9.17) is 9.97 Å². The number of benzene rings is 7. The molecule has 0 N–H and O–H groups in total. The molecule has 7 aromatic carbocycles. The fourth-order valence-corrected chi connectivity index (χ4v) is 8.14. The standard InChI is InChI=1S/C47H29N5O/c53-47-37-20-8-7-19-36(37)45-46(51(47)33-15-5-2-6-16-33)48-29-44(49-45)52-41-22-12-10-18-35(41)39-28-31(24-26-43(39)52)30-23-25-42-38(27-30)34-17-9-11-21-40(34)50(42)32-13-3-1-4-14-32/h1-29H. The van der Waals surface area contributed by atoms with Gasteiger partial charge < -0.3 is 4.57 Å². The summed E-state index contributed by atoms with van der Waals surface area (Å²) in [6.07, 6.45) is 1.78. The number of para-hydroxylation sites is 4. The number of rotatable bonds is 4. The quantitative estimate of drug-likeness (QED) is 0.174. The Labute approximate surface area is 303 Å². The van der Waals surface area contributed by atoms with Crippen LogP contribution in [-0.4, -0.2) is 23.7 Å². The molecule has 0 bridgehead atoms. The van der Waals surface area contributed by atoms with Gasteiger partial charge in [0.15, 0.2) is 11.5 Å². The molecule has 6 nitrogen and oxygen atoms in total. The summed E-state index contributed by atoms with van der Waals surface area (Å²) in [5.41, 5.74) is 9.71. The zero-order valence-electron chi connectivity index (χ0n) is 28.4. The zero-order chi connectivity index (χ0) is 35.0. The van der Waals surface area contributed by atoms with E-state index < -0.39 is 0 Å². The number of nitrogens with zero attached hydrogens (tertiary/aromatic N) is 5. The van der Waals surface area contributed by atoms with E-state index in [9.17, 15) is 4.79 Å². The maximum absolute atomic E-state index is 13.8. The van der Waals surface area contributed by atoms with Crippen LogP contribution in [0.4, 0.5) is 0 Å². The van der Waals surface area contributed by atoms with Gasteiger partial charge in [0.2, 0.25) is 0 Å². The highest BCUT2D eigenvalue weighted by Gasteiger charge is 2.19. The van der Waals surface area contributed by atoms with Crippen LogP contribution in [-0.2, 0) is 0 Å². The maximum Gasteiger partial charge on any atom is 0.264 e. The van der Waals surface area contributed by atoms with E-state index in [1.54, 1.807) is 10.8 Å². The van der Waals surface area contributed by atoms with Crippen molar-refractivity contribution in [2.75, 3.05) is 0 Å². The van der Waals surface area contributed by atoms with E-state index in [0.717, 1.165) is 49.7 Å². The minimum atomic E-state index is -0.117. The monoisotopic (exact) mass is 679 g/mol. The third kappa shape index (κ3) is 4.36. The normalized spacial score (nSPS) is 11.8. The Bertz CT molecular complexity index is 3300. The Balaban J connectivity index is 1.12. The van der Waals surface area contributed by atoms with Crippen molar-refractivity contribution in [1.29, 1.82) is 0 Å². The second-order valence-corrected chi connectivity index (χ2v) is 13.4. The summed E-state index contributed by atoms with van der Waals surface area (Å²) in [4.78, 5) is 24.1. The SMILES string of the molecule is O=c1c2ccccc2c2nc(-n3c4ccccc4c4cc(-c5ccc6c(c5)c5ccccc5n6-c5ccccc5)ccc43)cnc2n1-c1ccccc1. The molecule has 0 fully saturated rings. The molecule has 0 radical (unpaired) electrons. The molecule has 11 rings (SSSR count). The van der Waals surface area contributed by atoms with E-state index in [1.807, 2.05) is 54.6 Å². The fraction of sp³-hybridized carbons (Fsp3) is 0. The summed E-state index contributed by atoms with van der Waals surface area (Å²) in [6.45, 7) is 0. The van der Waals surface area contributed by atoms with E-state index in [-0.39, 0.29) is 5.56 Å². The van der Waals surface area contributed by atoms with E-state index in [0.29, 0.717) is 22.4 Å². The van der Waals surface area contributed by atoms with Crippen LogP contribution in [0.3, 0.4) is 0 Å². The lowest BCUT2D eigenvalue weighted by molar-refractivity contribution is 1.00. The molecule has 0 unspecified atom stereocenters. The van der Waals surface area contributed by atoms with Gasteiger partial charge in [-0.1, -0.05) is 103 Å². The molecule has 4 heterocycles. The summed E-state index contributed by atoms with van der Waals surface area (Å²) in [7, 11) is 0. The van der Waals surface area contributed by atoms with Crippen LogP contribution >= 0.6 is 0 Å². The molecule has 0 saturated carbocycles. The van der Waals surface area contributed by atoms with Crippen molar-refractivity contribution in [1.82, 2.24) is 23.7 Å². The van der Waals surface area contributed by atoms with Gasteiger partial charge in [-0.25, -0.2) is 9.97 Å². The molecule has 0 aliphatic heterocycles. The Kier molecular flexibility index (Phi) is 6.30. The smallest absolute Gasteiger partial charge is 0.264 e. The van der Waals surface area contributed by atoms with Crippen LogP contribution in [0.2, 0.25) is 0 Å². The molecule has 0 amide bonds. The average Bonchev–Trinajstić information content (AvgIpc) is 3.74. The molecule has 0 atom stereocenters. The summed E-state index contributed by atoms with van der Waals surface area (Å²) in [5.74, 6) is 0.690. The van der Waals surface area contributed by atoms with Gasteiger partial charge in [-0.3, -0.25) is 13.9 Å². The van der Waals surface area contributed by atoms with Gasteiger partial charge in [-0.05, 0) is 77.9 Å². The lowest BCUT2D eigenvalue weighted by Crippen LogP contribution is -2.20. The van der Waals surface area contributed by atoms with Crippen molar-refractivity contribution in [3.05, 3.63) is 186 Å². The molecule has 0 spiro atoms. The molecule has 6 heteroatoms. The van der Waals surface area contributed by atoms with Crippen LogP contribution in [0, 0.1) is 0 Å². The van der Waals surface area contributed by atoms with Gasteiger partial charge in [0.1, 0.15) is 5.52 Å². The molecule has 53 heavy (non-hydrogen) atoms. The number of pyridine rings is 1. The highest BCUT2D eigenvalue weighted by atomic mass is 16.1. The Morgan fingerprint density at radius 3 is 1.49 bits per heavy atom. The fourth-order valence-electron chi connectivity index (χ4n) is 8.14. The van der Waals surface area contributed by atoms with Crippen LogP contribution in [0.25, 0.3) is 93.9 Å². The number of hydrogen-bond donors (Lipinski definition) is 0. The number of aromatic nitrogens is 5. The zero-order valence-corrected chi connectivity index (χ0v) is 28.4. The Morgan fingerprint density at radius 1 is 0.396 bits per heavy atom. The first-order valence-electron chi connectivity index (χ1n) is 17.7. The average molecular weight is 680 g/mol. The summed E-state index contributed by atoms with van der Waals surface area (Å²) in [6, 6.07) is 58.4. The molecular weight excluding hydrogens is 651 g/mol. The van der Waals surface area contributed by atoms with Crippen molar-refractivity contribution in [3.63, 3.8) is 0 Å². The van der Waals surface area contributed by atoms with Gasteiger partial charge in [0.25, 0.3) is 5.56 Å². The minimum Gasteiger partial charge on any atom is -0.309 e. The minimum absolute atomic E-state index is 0.117. The van der Waals surface area contributed by atoms with Crippen molar-refractivity contribution in [2.45, 2.75) is 0 Å². The van der Waals surface area contributed by atoms with Gasteiger partial charge >= 0.3 is 0 Å². The van der Waals surface area contributed by atoms with Gasteiger partial charge in [0, 0.05) is 38.0 Å². The first-order chi connectivity index (χ1) is 26.2.